The third-order valence-electron chi connectivity index (χ3n) is 6.45. The van der Waals surface area contributed by atoms with Crippen molar-refractivity contribution in [2.24, 2.45) is 0 Å². The maximum absolute atomic E-state index is 13.5. The van der Waals surface area contributed by atoms with Crippen LogP contribution in [0.15, 0.2) is 47.5 Å². The van der Waals surface area contributed by atoms with Gasteiger partial charge in [-0.1, -0.05) is 0 Å². The summed E-state index contributed by atoms with van der Waals surface area (Å²) in [7, 11) is -4.05. The zero-order chi connectivity index (χ0) is 27.4. The Hall–Kier alpha value is -3.55. The molecule has 1 aromatic heterocycles. The Morgan fingerprint density at radius 2 is 2.00 bits per heavy atom. The molecule has 13 heteroatoms. The Labute approximate surface area is 220 Å². The Bertz CT molecular complexity index is 1410. The number of ether oxygens (including phenoxy) is 2. The monoisotopic (exact) mass is 547 g/mol. The van der Waals surface area contributed by atoms with Gasteiger partial charge in [-0.05, 0) is 51.1 Å². The lowest BCUT2D eigenvalue weighted by Gasteiger charge is -2.35. The molecule has 3 aromatic rings. The van der Waals surface area contributed by atoms with E-state index in [9.17, 15) is 22.9 Å². The molecule has 0 bridgehead atoms. The molecule has 11 nitrogen and oxygen atoms in total. The predicted molar refractivity (Wildman–Crippen MR) is 138 cm³/mol. The lowest BCUT2D eigenvalue weighted by atomic mass is 10.1. The number of nitrogens with one attached hydrogen (secondary N) is 1. The van der Waals surface area contributed by atoms with Crippen LogP contribution in [0.5, 0.6) is 5.75 Å². The molecule has 1 aliphatic rings. The van der Waals surface area contributed by atoms with E-state index in [1.165, 1.54) is 43.3 Å². The summed E-state index contributed by atoms with van der Waals surface area (Å²) in [4.78, 5) is 12.9. The predicted octanol–water partition coefficient (Wildman–Crippen LogP) is 3.33. The number of hydrogen-bond donors (Lipinski definition) is 1. The van der Waals surface area contributed by atoms with Gasteiger partial charge in [0.25, 0.3) is 5.69 Å². The fourth-order valence-corrected chi connectivity index (χ4v) is 5.60. The van der Waals surface area contributed by atoms with Crippen LogP contribution in [0, 0.1) is 29.8 Å². The molecular formula is C25H30FN5O6S. The second kappa shape index (κ2) is 11.5. The number of hydrogen-bond acceptors (Lipinski definition) is 8. The average molecular weight is 548 g/mol. The van der Waals surface area contributed by atoms with Gasteiger partial charge in [-0.3, -0.25) is 14.8 Å². The van der Waals surface area contributed by atoms with Gasteiger partial charge in [-0.25, -0.2) is 17.5 Å². The largest absolute Gasteiger partial charge is 0.491 e. The molecule has 1 N–H and O–H groups in total. The minimum absolute atomic E-state index is 0.0287. The normalized spacial score (nSPS) is 16.0. The fourth-order valence-electron chi connectivity index (χ4n) is 4.31. The third-order valence-corrected chi connectivity index (χ3v) is 7.88. The number of aryl methyl sites for hydroxylation is 2. The van der Waals surface area contributed by atoms with Gasteiger partial charge in [-0.2, -0.15) is 5.10 Å². The van der Waals surface area contributed by atoms with E-state index in [0.29, 0.717) is 18.8 Å². The molecule has 0 amide bonds. The molecule has 1 fully saturated rings. The summed E-state index contributed by atoms with van der Waals surface area (Å²) in [6.07, 6.45) is 1.18. The first kappa shape index (κ1) is 27.5. The molecule has 1 aliphatic heterocycles. The third kappa shape index (κ3) is 6.11. The second-order valence-corrected chi connectivity index (χ2v) is 10.7. The van der Waals surface area contributed by atoms with Crippen molar-refractivity contribution in [1.82, 2.24) is 14.5 Å². The van der Waals surface area contributed by atoms with Crippen molar-refractivity contribution in [3.05, 3.63) is 75.3 Å². The number of halogens is 1. The van der Waals surface area contributed by atoms with E-state index in [4.69, 9.17) is 9.47 Å². The minimum Gasteiger partial charge on any atom is -0.491 e. The number of rotatable bonds is 10. The zero-order valence-electron chi connectivity index (χ0n) is 21.4. The van der Waals surface area contributed by atoms with Crippen molar-refractivity contribution in [2.75, 3.05) is 31.2 Å². The summed E-state index contributed by atoms with van der Waals surface area (Å²) in [6, 6.07) is 8.20. The molecule has 204 valence electrons. The van der Waals surface area contributed by atoms with E-state index in [0.717, 1.165) is 11.3 Å². The molecule has 0 saturated carbocycles. The number of sulfonamides is 1. The van der Waals surface area contributed by atoms with E-state index < -0.39 is 21.1 Å². The topological polar surface area (TPSA) is 129 Å². The minimum atomic E-state index is -4.05. The van der Waals surface area contributed by atoms with Crippen LogP contribution in [0.25, 0.3) is 0 Å². The highest BCUT2D eigenvalue weighted by atomic mass is 32.2. The molecular weight excluding hydrogens is 517 g/mol. The maximum atomic E-state index is 13.5. The average Bonchev–Trinajstić information content (AvgIpc) is 3.26. The highest BCUT2D eigenvalue weighted by molar-refractivity contribution is 7.89. The van der Waals surface area contributed by atoms with Crippen LogP contribution in [0.3, 0.4) is 0 Å². The summed E-state index contributed by atoms with van der Waals surface area (Å²) in [5, 5.41) is 15.9. The molecule has 1 atom stereocenters. The number of morpholine rings is 1. The maximum Gasteiger partial charge on any atom is 0.274 e. The highest BCUT2D eigenvalue weighted by Crippen LogP contribution is 2.34. The Morgan fingerprint density at radius 1 is 1.26 bits per heavy atom. The van der Waals surface area contributed by atoms with Crippen molar-refractivity contribution in [3.8, 4) is 5.75 Å². The molecule has 0 spiro atoms. The summed E-state index contributed by atoms with van der Waals surface area (Å²) in [5.41, 5.74) is 1.86. The molecule has 2 heterocycles. The van der Waals surface area contributed by atoms with Gasteiger partial charge in [0.2, 0.25) is 10.0 Å². The quantitative estimate of drug-likeness (QED) is 0.302. The summed E-state index contributed by atoms with van der Waals surface area (Å²) in [5.74, 6) is 0.0855. The van der Waals surface area contributed by atoms with Crippen molar-refractivity contribution in [1.29, 1.82) is 0 Å². The van der Waals surface area contributed by atoms with Crippen LogP contribution in [-0.2, 0) is 27.8 Å². The zero-order valence-corrected chi connectivity index (χ0v) is 22.2. The Balaban J connectivity index is 1.58. The lowest BCUT2D eigenvalue weighted by molar-refractivity contribution is -0.385. The summed E-state index contributed by atoms with van der Waals surface area (Å²) >= 11 is 0. The highest BCUT2D eigenvalue weighted by Gasteiger charge is 2.30. The molecule has 0 radical (unpaired) electrons. The van der Waals surface area contributed by atoms with Crippen LogP contribution in [0.1, 0.15) is 23.7 Å². The first-order chi connectivity index (χ1) is 18.1. The molecule has 4 rings (SSSR count). The number of aromatic nitrogens is 2. The number of nitro benzene ring substituents is 1. The molecule has 2 aromatic carbocycles. The van der Waals surface area contributed by atoms with Gasteiger partial charge in [0.05, 0.1) is 23.4 Å². The van der Waals surface area contributed by atoms with Crippen LogP contribution < -0.4 is 14.4 Å². The molecule has 1 unspecified atom stereocenters. The molecule has 38 heavy (non-hydrogen) atoms. The first-order valence-corrected chi connectivity index (χ1v) is 13.6. The van der Waals surface area contributed by atoms with Gasteiger partial charge >= 0.3 is 0 Å². The van der Waals surface area contributed by atoms with Crippen LogP contribution in [0.4, 0.5) is 15.8 Å². The van der Waals surface area contributed by atoms with Gasteiger partial charge in [0.15, 0.2) is 0 Å². The van der Waals surface area contributed by atoms with Gasteiger partial charge in [0.1, 0.15) is 29.2 Å². The Morgan fingerprint density at radius 3 is 2.66 bits per heavy atom. The molecule has 0 aliphatic carbocycles. The van der Waals surface area contributed by atoms with Crippen molar-refractivity contribution in [3.63, 3.8) is 0 Å². The van der Waals surface area contributed by atoms with E-state index in [2.05, 4.69) is 9.82 Å². The Kier molecular flexibility index (Phi) is 8.29. The summed E-state index contributed by atoms with van der Waals surface area (Å²) in [6.45, 7) is 6.98. The van der Waals surface area contributed by atoms with Crippen LogP contribution in [0.2, 0.25) is 0 Å². The van der Waals surface area contributed by atoms with E-state index >= 15 is 0 Å². The summed E-state index contributed by atoms with van der Waals surface area (Å²) < 4.78 is 56.0. The number of nitrogens with zero attached hydrogens (tertiary/aromatic N) is 4. The van der Waals surface area contributed by atoms with Crippen molar-refractivity contribution >= 4 is 21.4 Å². The number of anilines is 1. The van der Waals surface area contributed by atoms with E-state index in [1.807, 2.05) is 13.8 Å². The second-order valence-electron chi connectivity index (χ2n) is 8.96. The SMILES string of the molecule is CCn1ncc(CNS(=O)(=O)c2cc(C)c([N+](=O)[O-])cc2N2CCOC(COc3ccc(F)cc3)C2)c1C. The molecule has 1 saturated heterocycles. The van der Waals surface area contributed by atoms with E-state index in [-0.39, 0.29) is 54.0 Å². The van der Waals surface area contributed by atoms with Gasteiger partial charge in [0, 0.05) is 49.1 Å². The number of benzene rings is 2. The van der Waals surface area contributed by atoms with Gasteiger partial charge in [-0.15, -0.1) is 0 Å². The first-order valence-electron chi connectivity index (χ1n) is 12.1. The lowest BCUT2D eigenvalue weighted by Crippen LogP contribution is -2.45. The van der Waals surface area contributed by atoms with Crippen molar-refractivity contribution < 1.29 is 27.2 Å². The smallest absolute Gasteiger partial charge is 0.274 e. The fraction of sp³-hybridized carbons (Fsp3) is 0.400. The number of nitro groups is 1. The van der Waals surface area contributed by atoms with E-state index in [1.54, 1.807) is 15.8 Å². The van der Waals surface area contributed by atoms with Crippen molar-refractivity contribution in [2.45, 2.75) is 44.9 Å². The van der Waals surface area contributed by atoms with Crippen LogP contribution in [-0.4, -0.2) is 55.5 Å². The van der Waals surface area contributed by atoms with Crippen LogP contribution >= 0.6 is 0 Å². The van der Waals surface area contributed by atoms with Gasteiger partial charge < -0.3 is 14.4 Å². The standard InChI is InChI=1S/C25H30FN5O6S/c1-4-30-18(3)19(13-27-30)14-28-38(34,35)25-11-17(2)23(31(32)33)12-24(25)29-9-10-36-22(15-29)16-37-21-7-5-20(26)6-8-21/h5-8,11-13,22,28H,4,9-10,14-16H2,1-3H3.